The van der Waals surface area contributed by atoms with Crippen LogP contribution in [-0.2, 0) is 6.18 Å². The van der Waals surface area contributed by atoms with Crippen LogP contribution in [0.5, 0.6) is 0 Å². The van der Waals surface area contributed by atoms with Crippen molar-refractivity contribution in [2.45, 2.75) is 18.6 Å². The van der Waals surface area contributed by atoms with Gasteiger partial charge in [0.15, 0.2) is 0 Å². The highest BCUT2D eigenvalue weighted by Gasteiger charge is 2.34. The lowest BCUT2D eigenvalue weighted by Gasteiger charge is -2.34. The van der Waals surface area contributed by atoms with Gasteiger partial charge in [0.2, 0.25) is 0 Å². The molecule has 1 aromatic carbocycles. The molecule has 0 saturated carbocycles. The van der Waals surface area contributed by atoms with Gasteiger partial charge in [0.05, 0.1) is 23.1 Å². The maximum atomic E-state index is 12.9. The first-order chi connectivity index (χ1) is 9.93. The second-order valence-electron chi connectivity index (χ2n) is 4.90. The number of nitrogens with one attached hydrogen (secondary N) is 1. The first-order valence-electron chi connectivity index (χ1n) is 6.62. The normalized spacial score (nSPS) is 18.2. The van der Waals surface area contributed by atoms with E-state index in [2.05, 4.69) is 11.4 Å². The molecule has 0 spiro atoms. The van der Waals surface area contributed by atoms with Crippen LogP contribution in [0.4, 0.5) is 13.2 Å². The molecule has 114 valence electrons. The summed E-state index contributed by atoms with van der Waals surface area (Å²) in [5, 5.41) is 11.8. The second kappa shape index (κ2) is 6.65. The zero-order valence-electron chi connectivity index (χ0n) is 11.3. The van der Waals surface area contributed by atoms with Gasteiger partial charge in [-0.05, 0) is 17.7 Å². The van der Waals surface area contributed by atoms with Gasteiger partial charge in [-0.2, -0.15) is 18.4 Å². The lowest BCUT2D eigenvalue weighted by Crippen LogP contribution is -2.45. The Hall–Kier alpha value is -1.29. The molecule has 2 rings (SSSR count). The molecule has 21 heavy (non-hydrogen) atoms. The predicted octanol–water partition coefficient (Wildman–Crippen LogP) is 3.22. The number of hydrogen-bond acceptors (Lipinski definition) is 3. The average Bonchev–Trinajstić information content (AvgIpc) is 2.45. The molecule has 0 aromatic heterocycles. The van der Waals surface area contributed by atoms with Crippen molar-refractivity contribution in [2.75, 3.05) is 26.2 Å². The Morgan fingerprint density at radius 2 is 2.00 bits per heavy atom. The van der Waals surface area contributed by atoms with Gasteiger partial charge < -0.3 is 5.32 Å². The molecule has 0 aliphatic carbocycles. The van der Waals surface area contributed by atoms with Crippen LogP contribution < -0.4 is 5.32 Å². The molecule has 0 radical (unpaired) electrons. The third kappa shape index (κ3) is 3.88. The van der Waals surface area contributed by atoms with Crippen LogP contribution in [0, 0.1) is 11.3 Å². The predicted molar refractivity (Wildman–Crippen MR) is 73.9 cm³/mol. The second-order valence-corrected chi connectivity index (χ2v) is 5.31. The van der Waals surface area contributed by atoms with Gasteiger partial charge in [0.1, 0.15) is 0 Å². The largest absolute Gasteiger partial charge is 0.417 e. The van der Waals surface area contributed by atoms with Crippen LogP contribution in [0.25, 0.3) is 0 Å². The Kier molecular flexibility index (Phi) is 5.09. The Morgan fingerprint density at radius 1 is 1.33 bits per heavy atom. The van der Waals surface area contributed by atoms with Crippen LogP contribution in [-0.4, -0.2) is 31.1 Å². The highest BCUT2D eigenvalue weighted by Crippen LogP contribution is 2.37. The average molecular weight is 318 g/mol. The van der Waals surface area contributed by atoms with Gasteiger partial charge in [0, 0.05) is 32.2 Å². The number of halogens is 4. The third-order valence-electron chi connectivity index (χ3n) is 3.56. The zero-order chi connectivity index (χ0) is 15.5. The Balaban J connectivity index is 2.34. The summed E-state index contributed by atoms with van der Waals surface area (Å²) in [6.45, 7) is 2.94. The van der Waals surface area contributed by atoms with Crippen molar-refractivity contribution in [3.8, 4) is 6.07 Å². The van der Waals surface area contributed by atoms with E-state index in [9.17, 15) is 13.2 Å². The molecule has 0 amide bonds. The Morgan fingerprint density at radius 3 is 2.57 bits per heavy atom. The van der Waals surface area contributed by atoms with E-state index in [0.29, 0.717) is 18.7 Å². The van der Waals surface area contributed by atoms with Gasteiger partial charge in [-0.15, -0.1) is 0 Å². The summed E-state index contributed by atoms with van der Waals surface area (Å²) < 4.78 is 38.8. The number of nitrogens with zero attached hydrogens (tertiary/aromatic N) is 2. The summed E-state index contributed by atoms with van der Waals surface area (Å²) in [4.78, 5) is 2.03. The monoisotopic (exact) mass is 317 g/mol. The van der Waals surface area contributed by atoms with Crippen LogP contribution in [0.1, 0.15) is 23.6 Å². The number of alkyl halides is 3. The topological polar surface area (TPSA) is 39.1 Å². The summed E-state index contributed by atoms with van der Waals surface area (Å²) in [6, 6.07) is 5.61. The van der Waals surface area contributed by atoms with Crippen LogP contribution in [0.2, 0.25) is 5.02 Å². The molecule has 1 saturated heterocycles. The van der Waals surface area contributed by atoms with E-state index < -0.39 is 11.7 Å². The minimum atomic E-state index is -4.49. The van der Waals surface area contributed by atoms with Gasteiger partial charge in [-0.3, -0.25) is 4.90 Å². The Bertz CT molecular complexity index is 533. The molecular formula is C14H15ClF3N3. The summed E-state index contributed by atoms with van der Waals surface area (Å²) in [7, 11) is 0. The van der Waals surface area contributed by atoms with Gasteiger partial charge in [-0.25, -0.2) is 0 Å². The molecule has 0 unspecified atom stereocenters. The summed E-state index contributed by atoms with van der Waals surface area (Å²) in [5.41, 5.74) is -0.366. The number of rotatable bonds is 3. The van der Waals surface area contributed by atoms with Crippen molar-refractivity contribution < 1.29 is 13.2 Å². The van der Waals surface area contributed by atoms with E-state index in [-0.39, 0.29) is 17.5 Å². The standard InChI is InChI=1S/C14H15ClF3N3/c15-12-2-1-10(9-11(12)14(16,17)18)13(3-4-19)21-7-5-20-6-8-21/h1-2,9,13,20H,3,5-8H2/t13-/m1/s1. The number of benzene rings is 1. The van der Waals surface area contributed by atoms with Crippen molar-refractivity contribution in [3.05, 3.63) is 34.3 Å². The van der Waals surface area contributed by atoms with E-state index in [4.69, 9.17) is 16.9 Å². The highest BCUT2D eigenvalue weighted by atomic mass is 35.5. The highest BCUT2D eigenvalue weighted by molar-refractivity contribution is 6.31. The van der Waals surface area contributed by atoms with E-state index in [1.165, 1.54) is 6.07 Å². The first-order valence-corrected chi connectivity index (χ1v) is 6.99. The fourth-order valence-electron chi connectivity index (χ4n) is 2.51. The summed E-state index contributed by atoms with van der Waals surface area (Å²) in [6.07, 6.45) is -4.34. The molecule has 1 aliphatic heterocycles. The fraction of sp³-hybridized carbons (Fsp3) is 0.500. The zero-order valence-corrected chi connectivity index (χ0v) is 12.0. The lowest BCUT2D eigenvalue weighted by atomic mass is 9.99. The van der Waals surface area contributed by atoms with E-state index >= 15 is 0 Å². The molecule has 1 atom stereocenters. The molecule has 3 nitrogen and oxygen atoms in total. The fourth-order valence-corrected chi connectivity index (χ4v) is 2.73. The van der Waals surface area contributed by atoms with Crippen molar-refractivity contribution in [2.24, 2.45) is 0 Å². The SMILES string of the molecule is N#CC[C@H](c1ccc(Cl)c(C(F)(F)F)c1)N1CCNCC1. The minimum Gasteiger partial charge on any atom is -0.314 e. The molecule has 0 bridgehead atoms. The van der Waals surface area contributed by atoms with Crippen LogP contribution in [0.3, 0.4) is 0 Å². The van der Waals surface area contributed by atoms with Crippen LogP contribution >= 0.6 is 11.6 Å². The van der Waals surface area contributed by atoms with Gasteiger partial charge in [0.25, 0.3) is 0 Å². The molecular weight excluding hydrogens is 303 g/mol. The van der Waals surface area contributed by atoms with Gasteiger partial charge >= 0.3 is 6.18 Å². The van der Waals surface area contributed by atoms with Crippen molar-refractivity contribution in [1.29, 1.82) is 5.26 Å². The van der Waals surface area contributed by atoms with E-state index in [0.717, 1.165) is 19.2 Å². The number of nitriles is 1. The summed E-state index contributed by atoms with van der Waals surface area (Å²) >= 11 is 5.64. The molecule has 1 aliphatic rings. The number of piperazine rings is 1. The molecule has 1 heterocycles. The maximum Gasteiger partial charge on any atom is 0.417 e. The van der Waals surface area contributed by atoms with E-state index in [1.54, 1.807) is 6.07 Å². The molecule has 1 N–H and O–H groups in total. The third-order valence-corrected chi connectivity index (χ3v) is 3.89. The molecule has 7 heteroatoms. The quantitative estimate of drug-likeness (QED) is 0.930. The van der Waals surface area contributed by atoms with E-state index in [1.807, 2.05) is 4.90 Å². The molecule has 1 aromatic rings. The Labute approximate surface area is 126 Å². The summed E-state index contributed by atoms with van der Waals surface area (Å²) in [5.74, 6) is 0. The first kappa shape index (κ1) is 16.1. The van der Waals surface area contributed by atoms with Crippen molar-refractivity contribution in [3.63, 3.8) is 0 Å². The number of hydrogen-bond donors (Lipinski definition) is 1. The van der Waals surface area contributed by atoms with Crippen LogP contribution in [0.15, 0.2) is 18.2 Å². The lowest BCUT2D eigenvalue weighted by molar-refractivity contribution is -0.137. The smallest absolute Gasteiger partial charge is 0.314 e. The van der Waals surface area contributed by atoms with Crippen molar-refractivity contribution >= 4 is 11.6 Å². The molecule has 1 fully saturated rings. The maximum absolute atomic E-state index is 12.9. The van der Waals surface area contributed by atoms with Crippen molar-refractivity contribution in [1.82, 2.24) is 10.2 Å². The minimum absolute atomic E-state index is 0.152. The van der Waals surface area contributed by atoms with Gasteiger partial charge in [-0.1, -0.05) is 17.7 Å².